The highest BCUT2D eigenvalue weighted by atomic mass is 32.2. The average Bonchev–Trinajstić information content (AvgIpc) is 0.838. The molecule has 0 saturated carbocycles. The number of allylic oxidation sites excluding steroid dienone is 1. The summed E-state index contributed by atoms with van der Waals surface area (Å²) in [5, 5.41) is 23.3. The largest absolute Gasteiger partial charge is 0.467 e. The summed E-state index contributed by atoms with van der Waals surface area (Å²) >= 11 is 1.50. The SMILES string of the molecule is CC[C@@H]1NC(=O)C([C@H](O)[C@H](C)C/C=C/CSCCOC=O)N(C)C(=O)[C@H](C(C)C)N(C)C(=O)[C@H](CC(C)C)N(C)C(=O)[C@H](CC(C)C)N(C)C(=O)[C@H](C)NC(=O)[C@H](C)NC(=O)[C@H](CC(C)C)N(C)C(=O)[C@H](C(C)C)NC(=O)[C@H](CC(C)C)N(C)C(=O)CN(C)C1=O. The van der Waals surface area contributed by atoms with E-state index in [0.717, 1.165) is 9.80 Å². The molecule has 91 heavy (non-hydrogen) atoms. The lowest BCUT2D eigenvalue weighted by Crippen LogP contribution is -2.63. The van der Waals surface area contributed by atoms with Crippen LogP contribution in [0.25, 0.3) is 0 Å². The third-order valence-corrected chi connectivity index (χ3v) is 17.5. The Balaban J connectivity index is 4.33. The standard InChI is InChI=1S/C65H115N11O14S/c1-24-46-61(85)70(17)35-51(78)71(18)47(31-37(2)3)58(82)69-52(41(10)11)64(88)72(19)48(32-38(4)5)57(81)66-44(15)56(80)67-45(16)60(84)73(20)49(33-39(6)7)62(86)74(21)50(34-40(8)9)63(87)75(22)53(42(12)13)65(89)76(23)54(59(83)68-46)55(79)43(14)27-25-26-29-91-30-28-90-36-77/h25-26,36-50,52-55,79H,24,27-35H2,1-23H3,(H,66,81)(H,67,80)(H,68,83)(H,69,82)/b26-25+/t43-,44+,45+,46+,47+,48+,49+,50+,52+,53+,54?,55-/m1/s1. The van der Waals surface area contributed by atoms with E-state index in [1.807, 2.05) is 67.5 Å². The number of carbonyl (C=O) groups is 12. The molecule has 1 unspecified atom stereocenters. The number of amides is 11. The van der Waals surface area contributed by atoms with Crippen molar-refractivity contribution >= 4 is 83.2 Å². The lowest BCUT2D eigenvalue weighted by Gasteiger charge is -2.41. The zero-order chi connectivity index (χ0) is 70.2. The summed E-state index contributed by atoms with van der Waals surface area (Å²) in [4.78, 5) is 180. The van der Waals surface area contributed by atoms with Crippen molar-refractivity contribution in [1.82, 2.24) is 55.6 Å². The van der Waals surface area contributed by atoms with Gasteiger partial charge in [-0.2, -0.15) is 11.8 Å². The van der Waals surface area contributed by atoms with Gasteiger partial charge in [-0.1, -0.05) is 109 Å². The summed E-state index contributed by atoms with van der Waals surface area (Å²) in [5.74, 6) is -9.00. The number of carbonyl (C=O) groups excluding carboxylic acids is 12. The van der Waals surface area contributed by atoms with Crippen LogP contribution in [0.1, 0.15) is 149 Å². The molecule has 520 valence electrons. The summed E-state index contributed by atoms with van der Waals surface area (Å²) in [5.41, 5.74) is 0. The van der Waals surface area contributed by atoms with Crippen LogP contribution < -0.4 is 21.3 Å². The molecule has 0 radical (unpaired) electrons. The molecule has 1 fully saturated rings. The number of likely N-dealkylation sites (N-methyl/N-ethyl adjacent to an activating group) is 7. The third-order valence-electron chi connectivity index (χ3n) is 16.6. The van der Waals surface area contributed by atoms with E-state index in [4.69, 9.17) is 4.74 Å². The fourth-order valence-corrected chi connectivity index (χ4v) is 11.7. The topological polar surface area (TPSA) is 305 Å². The molecule has 5 N–H and O–H groups in total. The Kier molecular flexibility index (Phi) is 35.7. The average molecular weight is 1310 g/mol. The summed E-state index contributed by atoms with van der Waals surface area (Å²) < 4.78 is 4.76. The maximum atomic E-state index is 15.3. The van der Waals surface area contributed by atoms with Gasteiger partial charge in [0.05, 0.1) is 12.6 Å². The summed E-state index contributed by atoms with van der Waals surface area (Å²) in [6.07, 6.45) is 2.90. The Hall–Kier alpha value is -6.31. The van der Waals surface area contributed by atoms with E-state index >= 15 is 14.4 Å². The molecule has 11 amide bonds. The molecule has 0 aromatic rings. The van der Waals surface area contributed by atoms with Crippen LogP contribution in [0.4, 0.5) is 0 Å². The molecule has 0 spiro atoms. The number of nitrogens with zero attached hydrogens (tertiary/aromatic N) is 7. The number of rotatable bonds is 21. The van der Waals surface area contributed by atoms with Crippen LogP contribution in [0.5, 0.6) is 0 Å². The first-order chi connectivity index (χ1) is 42.2. The van der Waals surface area contributed by atoms with Crippen molar-refractivity contribution in [2.75, 3.05) is 74.0 Å². The Morgan fingerprint density at radius 1 is 0.505 bits per heavy atom. The number of hydrogen-bond acceptors (Lipinski definition) is 15. The molecule has 1 rings (SSSR count). The van der Waals surface area contributed by atoms with Crippen molar-refractivity contribution in [2.24, 2.45) is 41.4 Å². The third kappa shape index (κ3) is 24.9. The van der Waals surface area contributed by atoms with Crippen molar-refractivity contribution in [3.05, 3.63) is 12.2 Å². The maximum absolute atomic E-state index is 15.3. The van der Waals surface area contributed by atoms with Gasteiger partial charge in [0.25, 0.3) is 6.47 Å². The van der Waals surface area contributed by atoms with Gasteiger partial charge in [-0.15, -0.1) is 0 Å². The number of thioether (sulfide) groups is 1. The van der Waals surface area contributed by atoms with E-state index in [9.17, 15) is 48.3 Å². The minimum atomic E-state index is -1.67. The molecule has 12 atom stereocenters. The summed E-state index contributed by atoms with van der Waals surface area (Å²) in [6.45, 7) is 28.0. The zero-order valence-corrected chi connectivity index (χ0v) is 59.8. The van der Waals surface area contributed by atoms with E-state index < -0.39 is 156 Å². The number of ether oxygens (including phenoxy) is 1. The van der Waals surface area contributed by atoms with Crippen molar-refractivity contribution in [3.63, 3.8) is 0 Å². The predicted octanol–water partition coefficient (Wildman–Crippen LogP) is 3.16. The maximum Gasteiger partial charge on any atom is 0.293 e. The lowest BCUT2D eigenvalue weighted by atomic mass is 9.91. The zero-order valence-electron chi connectivity index (χ0n) is 59.0. The van der Waals surface area contributed by atoms with Gasteiger partial charge in [-0.05, 0) is 93.8 Å². The molecule has 0 aromatic heterocycles. The van der Waals surface area contributed by atoms with Crippen LogP contribution in [0.2, 0.25) is 0 Å². The number of nitrogens with one attached hydrogen (secondary N) is 4. The molecule has 1 saturated heterocycles. The second-order valence-electron chi connectivity index (χ2n) is 27.0. The fourth-order valence-electron chi connectivity index (χ4n) is 11.0. The van der Waals surface area contributed by atoms with Crippen LogP contribution >= 0.6 is 11.8 Å². The van der Waals surface area contributed by atoms with Crippen molar-refractivity contribution < 1.29 is 67.4 Å². The van der Waals surface area contributed by atoms with Crippen LogP contribution in [0, 0.1) is 41.4 Å². The molecule has 0 bridgehead atoms. The van der Waals surface area contributed by atoms with Crippen LogP contribution in [0.15, 0.2) is 12.2 Å². The van der Waals surface area contributed by atoms with E-state index in [2.05, 4.69) is 21.3 Å². The Labute approximate surface area is 547 Å². The Morgan fingerprint density at radius 2 is 0.956 bits per heavy atom. The fraction of sp³-hybridized carbons (Fsp3) is 0.785. The molecular formula is C65H115N11O14S. The summed E-state index contributed by atoms with van der Waals surface area (Å²) in [7, 11) is 9.85. The first kappa shape index (κ1) is 82.7. The number of hydrogen-bond donors (Lipinski definition) is 5. The normalized spacial score (nSPS) is 25.8. The smallest absolute Gasteiger partial charge is 0.293 e. The highest BCUT2D eigenvalue weighted by Gasteiger charge is 2.46. The molecule has 1 aliphatic rings. The molecule has 0 aliphatic carbocycles. The molecule has 1 aliphatic heterocycles. The van der Waals surface area contributed by atoms with E-state index in [-0.39, 0.29) is 68.8 Å². The van der Waals surface area contributed by atoms with E-state index in [1.54, 1.807) is 41.5 Å². The van der Waals surface area contributed by atoms with E-state index in [1.165, 1.54) is 99.4 Å². The first-order valence-corrected chi connectivity index (χ1v) is 33.4. The van der Waals surface area contributed by atoms with Crippen LogP contribution in [-0.4, -0.2) is 251 Å². The van der Waals surface area contributed by atoms with E-state index in [0.29, 0.717) is 18.0 Å². The van der Waals surface area contributed by atoms with Gasteiger partial charge in [-0.3, -0.25) is 57.5 Å². The predicted molar refractivity (Wildman–Crippen MR) is 352 cm³/mol. The van der Waals surface area contributed by atoms with Gasteiger partial charge in [0, 0.05) is 60.8 Å². The lowest BCUT2D eigenvalue weighted by molar-refractivity contribution is -0.157. The Bertz CT molecular complexity index is 2480. The highest BCUT2D eigenvalue weighted by Crippen LogP contribution is 2.26. The van der Waals surface area contributed by atoms with Crippen molar-refractivity contribution in [1.29, 1.82) is 0 Å². The van der Waals surface area contributed by atoms with Crippen LogP contribution in [-0.2, 0) is 62.3 Å². The van der Waals surface area contributed by atoms with Gasteiger partial charge in [0.15, 0.2) is 0 Å². The molecular weight excluding hydrogens is 1190 g/mol. The molecule has 1 heterocycles. The summed E-state index contributed by atoms with van der Waals surface area (Å²) in [6, 6.07) is -12.6. The van der Waals surface area contributed by atoms with Gasteiger partial charge in [0.2, 0.25) is 65.0 Å². The van der Waals surface area contributed by atoms with Crippen LogP contribution in [0.3, 0.4) is 0 Å². The Morgan fingerprint density at radius 3 is 1.44 bits per heavy atom. The second kappa shape index (κ2) is 39.3. The van der Waals surface area contributed by atoms with Crippen molar-refractivity contribution in [2.45, 2.75) is 216 Å². The minimum absolute atomic E-state index is 0.00518. The monoisotopic (exact) mass is 1310 g/mol. The van der Waals surface area contributed by atoms with Gasteiger partial charge < -0.3 is 65.4 Å². The highest BCUT2D eigenvalue weighted by molar-refractivity contribution is 7.99. The second-order valence-corrected chi connectivity index (χ2v) is 28.2. The minimum Gasteiger partial charge on any atom is -0.467 e. The molecule has 26 heteroatoms. The number of aliphatic hydroxyl groups excluding tert-OH is 1. The number of aliphatic hydroxyl groups is 1. The van der Waals surface area contributed by atoms with Gasteiger partial charge in [-0.25, -0.2) is 0 Å². The molecule has 0 aromatic carbocycles. The first-order valence-electron chi connectivity index (χ1n) is 32.2. The van der Waals surface area contributed by atoms with Crippen molar-refractivity contribution in [3.8, 4) is 0 Å². The molecule has 25 nitrogen and oxygen atoms in total. The quantitative estimate of drug-likeness (QED) is 0.0627. The van der Waals surface area contributed by atoms with Gasteiger partial charge in [0.1, 0.15) is 67.0 Å². The van der Waals surface area contributed by atoms with Gasteiger partial charge >= 0.3 is 0 Å².